The Morgan fingerprint density at radius 3 is 2.49 bits per heavy atom. The smallest absolute Gasteiger partial charge is 0.328 e. The van der Waals surface area contributed by atoms with Crippen LogP contribution < -0.4 is 15.8 Å². The summed E-state index contributed by atoms with van der Waals surface area (Å²) >= 11 is 5.99. The molecule has 0 bridgehead atoms. The van der Waals surface area contributed by atoms with E-state index >= 15 is 0 Å². The molecule has 2 heterocycles. The highest BCUT2D eigenvalue weighted by molar-refractivity contribution is 6.30. The Kier molecular flexibility index (Phi) is 7.17. The average molecular weight is 494 g/mol. The molecule has 1 aliphatic rings. The molecule has 1 atom stereocenters. The van der Waals surface area contributed by atoms with Crippen LogP contribution >= 0.6 is 11.6 Å². The number of primary amides is 1. The number of anilines is 1. The summed E-state index contributed by atoms with van der Waals surface area (Å²) in [6.45, 7) is 2.40. The quantitative estimate of drug-likeness (QED) is 0.484. The van der Waals surface area contributed by atoms with Crippen LogP contribution in [-0.2, 0) is 11.3 Å². The molecule has 1 aromatic heterocycles. The van der Waals surface area contributed by atoms with Crippen molar-refractivity contribution in [2.24, 2.45) is 5.73 Å². The summed E-state index contributed by atoms with van der Waals surface area (Å²) in [5.41, 5.74) is 6.97. The Balaban J connectivity index is 1.49. The predicted octanol–water partition coefficient (Wildman–Crippen LogP) is 4.24. The van der Waals surface area contributed by atoms with Gasteiger partial charge < -0.3 is 15.8 Å². The van der Waals surface area contributed by atoms with Crippen molar-refractivity contribution < 1.29 is 19.1 Å². The minimum Gasteiger partial charge on any atom is -0.439 e. The van der Waals surface area contributed by atoms with Crippen LogP contribution in [0.3, 0.4) is 0 Å². The van der Waals surface area contributed by atoms with Gasteiger partial charge in [0, 0.05) is 29.9 Å². The average Bonchev–Trinajstić information content (AvgIpc) is 2.84. The fraction of sp³-hybridized carbons (Fsp3) is 0.200. The van der Waals surface area contributed by atoms with Crippen molar-refractivity contribution in [2.45, 2.75) is 26.1 Å². The van der Waals surface area contributed by atoms with Crippen LogP contribution in [0.15, 0.2) is 66.7 Å². The van der Waals surface area contributed by atoms with E-state index in [0.29, 0.717) is 29.5 Å². The summed E-state index contributed by atoms with van der Waals surface area (Å²) in [6, 6.07) is 18.6. The van der Waals surface area contributed by atoms with E-state index in [1.807, 2.05) is 12.1 Å². The lowest BCUT2D eigenvalue weighted by Crippen LogP contribution is -2.58. The number of hydrogen-bond donors (Lipinski definition) is 2. The van der Waals surface area contributed by atoms with Gasteiger partial charge in [0.1, 0.15) is 17.6 Å². The number of hydrogen-bond acceptors (Lipinski definition) is 6. The Morgan fingerprint density at radius 2 is 1.83 bits per heavy atom. The maximum atomic E-state index is 13.1. The number of pyridine rings is 1. The largest absolute Gasteiger partial charge is 0.439 e. The summed E-state index contributed by atoms with van der Waals surface area (Å²) in [5, 5.41) is 3.89. The molecule has 10 heteroatoms. The summed E-state index contributed by atoms with van der Waals surface area (Å²) in [5.74, 6) is -0.144. The number of imide groups is 1. The van der Waals surface area contributed by atoms with Crippen molar-refractivity contribution in [3.8, 4) is 11.6 Å². The van der Waals surface area contributed by atoms with Gasteiger partial charge in [0.15, 0.2) is 0 Å². The summed E-state index contributed by atoms with van der Waals surface area (Å²) in [7, 11) is 0. The van der Waals surface area contributed by atoms with E-state index in [9.17, 15) is 14.4 Å². The first-order chi connectivity index (χ1) is 16.8. The van der Waals surface area contributed by atoms with Crippen molar-refractivity contribution in [1.82, 2.24) is 14.8 Å². The standard InChI is InChI=1S/C25H24ClN5O4/c1-2-30-23(32)14-21(31(25(30)34)15-16-6-8-17(26)9-7-16)28-18-10-12-19(13-11-18)35-22-5-3-4-20(29-22)24(27)33/h3-13,21,28H,2,14-15H2,1H3,(H2,27,33). The van der Waals surface area contributed by atoms with Crippen LogP contribution in [-0.4, -0.2) is 45.3 Å². The van der Waals surface area contributed by atoms with E-state index in [1.54, 1.807) is 60.4 Å². The maximum absolute atomic E-state index is 13.1. The molecule has 9 nitrogen and oxygen atoms in total. The molecule has 4 rings (SSSR count). The molecule has 0 aliphatic carbocycles. The van der Waals surface area contributed by atoms with Crippen molar-refractivity contribution >= 4 is 35.1 Å². The Bertz CT molecular complexity index is 1230. The molecule has 0 saturated carbocycles. The van der Waals surface area contributed by atoms with Crippen LogP contribution in [0.5, 0.6) is 11.6 Å². The summed E-state index contributed by atoms with van der Waals surface area (Å²) in [6.07, 6.45) is -0.399. The molecule has 3 aromatic rings. The van der Waals surface area contributed by atoms with E-state index in [2.05, 4.69) is 10.3 Å². The topological polar surface area (TPSA) is 118 Å². The predicted molar refractivity (Wildman–Crippen MR) is 131 cm³/mol. The number of nitrogens with two attached hydrogens (primary N) is 1. The second kappa shape index (κ2) is 10.4. The Morgan fingerprint density at radius 1 is 1.11 bits per heavy atom. The number of benzene rings is 2. The minimum atomic E-state index is -0.642. The number of aromatic nitrogens is 1. The fourth-order valence-corrected chi connectivity index (χ4v) is 3.85. The van der Waals surface area contributed by atoms with Crippen LogP contribution in [0.25, 0.3) is 0 Å². The van der Waals surface area contributed by atoms with Gasteiger partial charge >= 0.3 is 6.03 Å². The number of urea groups is 1. The molecule has 35 heavy (non-hydrogen) atoms. The third kappa shape index (κ3) is 5.70. The van der Waals surface area contributed by atoms with Gasteiger partial charge in [-0.3, -0.25) is 19.4 Å². The zero-order chi connectivity index (χ0) is 24.9. The third-order valence-corrected chi connectivity index (χ3v) is 5.74. The zero-order valence-electron chi connectivity index (χ0n) is 19.0. The first kappa shape index (κ1) is 24.0. The van der Waals surface area contributed by atoms with Gasteiger partial charge in [0.05, 0.1) is 6.42 Å². The Labute approximate surface area is 207 Å². The third-order valence-electron chi connectivity index (χ3n) is 5.49. The second-order valence-corrected chi connectivity index (χ2v) is 8.33. The van der Waals surface area contributed by atoms with Crippen molar-refractivity contribution in [3.05, 3.63) is 83.0 Å². The van der Waals surface area contributed by atoms with E-state index in [0.717, 1.165) is 5.56 Å². The molecule has 0 spiro atoms. The lowest BCUT2D eigenvalue weighted by Gasteiger charge is -2.40. The first-order valence-corrected chi connectivity index (χ1v) is 11.4. The van der Waals surface area contributed by atoms with Crippen molar-refractivity contribution in [3.63, 3.8) is 0 Å². The lowest BCUT2D eigenvalue weighted by atomic mass is 10.1. The molecule has 4 amide bonds. The molecule has 0 radical (unpaired) electrons. The van der Waals surface area contributed by atoms with E-state index < -0.39 is 12.1 Å². The van der Waals surface area contributed by atoms with Crippen molar-refractivity contribution in [1.29, 1.82) is 0 Å². The molecule has 1 aliphatic heterocycles. The number of amides is 4. The number of carbonyl (C=O) groups excluding carboxylic acids is 3. The van der Waals surface area contributed by atoms with Gasteiger partial charge in [-0.25, -0.2) is 9.78 Å². The highest BCUT2D eigenvalue weighted by Crippen LogP contribution is 2.26. The van der Waals surface area contributed by atoms with Crippen molar-refractivity contribution in [2.75, 3.05) is 11.9 Å². The minimum absolute atomic E-state index is 0.106. The first-order valence-electron chi connectivity index (χ1n) is 11.0. The molecular weight excluding hydrogens is 470 g/mol. The molecule has 1 saturated heterocycles. The molecule has 1 unspecified atom stereocenters. The fourth-order valence-electron chi connectivity index (χ4n) is 3.73. The van der Waals surface area contributed by atoms with E-state index in [1.165, 1.54) is 11.0 Å². The van der Waals surface area contributed by atoms with Gasteiger partial charge in [-0.1, -0.05) is 29.8 Å². The maximum Gasteiger partial charge on any atom is 0.328 e. The second-order valence-electron chi connectivity index (χ2n) is 7.89. The lowest BCUT2D eigenvalue weighted by molar-refractivity contribution is -0.132. The SMILES string of the molecule is CCN1C(=O)CC(Nc2ccc(Oc3cccc(C(N)=O)n3)cc2)N(Cc2ccc(Cl)cc2)C1=O. The normalized spacial score (nSPS) is 15.8. The Hall–Kier alpha value is -4.11. The number of rotatable bonds is 8. The number of nitrogens with one attached hydrogen (secondary N) is 1. The number of halogens is 1. The van der Waals surface area contributed by atoms with Gasteiger partial charge in [-0.05, 0) is 55.0 Å². The molecule has 2 aromatic carbocycles. The van der Waals surface area contributed by atoms with Crippen LogP contribution in [0.4, 0.5) is 10.5 Å². The van der Waals surface area contributed by atoms with Crippen LogP contribution in [0.2, 0.25) is 5.02 Å². The van der Waals surface area contributed by atoms with Crippen LogP contribution in [0, 0.1) is 0 Å². The summed E-state index contributed by atoms with van der Waals surface area (Å²) in [4.78, 5) is 43.9. The van der Waals surface area contributed by atoms with Crippen LogP contribution in [0.1, 0.15) is 29.4 Å². The number of ether oxygens (including phenoxy) is 1. The van der Waals surface area contributed by atoms with Gasteiger partial charge in [-0.15, -0.1) is 0 Å². The van der Waals surface area contributed by atoms with E-state index in [-0.39, 0.29) is 29.9 Å². The molecule has 3 N–H and O–H groups in total. The van der Waals surface area contributed by atoms with Gasteiger partial charge in [-0.2, -0.15) is 0 Å². The van der Waals surface area contributed by atoms with Gasteiger partial charge in [0.2, 0.25) is 11.8 Å². The van der Waals surface area contributed by atoms with E-state index in [4.69, 9.17) is 22.1 Å². The molecule has 180 valence electrons. The highest BCUT2D eigenvalue weighted by atomic mass is 35.5. The molecule has 1 fully saturated rings. The molecular formula is C25H24ClN5O4. The monoisotopic (exact) mass is 493 g/mol. The zero-order valence-corrected chi connectivity index (χ0v) is 19.7. The van der Waals surface area contributed by atoms with Gasteiger partial charge in [0.25, 0.3) is 5.91 Å². The highest BCUT2D eigenvalue weighted by Gasteiger charge is 2.38. The summed E-state index contributed by atoms with van der Waals surface area (Å²) < 4.78 is 5.70. The number of nitrogens with zero attached hydrogens (tertiary/aromatic N) is 3. The number of carbonyl (C=O) groups is 3.